The van der Waals surface area contributed by atoms with Crippen LogP contribution in [0.25, 0.3) is 0 Å². The second-order valence-corrected chi connectivity index (χ2v) is 4.54. The van der Waals surface area contributed by atoms with Crippen LogP contribution in [0.4, 0.5) is 5.69 Å². The second kappa shape index (κ2) is 4.25. The number of nitro groups is 1. The van der Waals surface area contributed by atoms with Crippen LogP contribution >= 0.6 is 0 Å². The lowest BCUT2D eigenvalue weighted by Gasteiger charge is -2.25. The molecule has 2 aromatic rings. The van der Waals surface area contributed by atoms with Gasteiger partial charge in [-0.05, 0) is 30.4 Å². The molecule has 1 aliphatic rings. The smallest absolute Gasteiger partial charge is 0.258 e. The standard InChI is InChI=1S/C13H13N3O2/c17-16(18)11-8-14-15(9-11)13-7-3-5-10-4-1-2-6-12(10)13/h1-2,4,6,8-9,13H,3,5,7H2. The Bertz CT molecular complexity index is 591. The Hall–Kier alpha value is -2.17. The highest BCUT2D eigenvalue weighted by molar-refractivity contribution is 5.33. The van der Waals surface area contributed by atoms with Crippen LogP contribution in [-0.4, -0.2) is 14.7 Å². The number of aryl methyl sites for hydroxylation is 1. The minimum Gasteiger partial charge on any atom is -0.258 e. The summed E-state index contributed by atoms with van der Waals surface area (Å²) in [7, 11) is 0. The van der Waals surface area contributed by atoms with Gasteiger partial charge in [-0.15, -0.1) is 0 Å². The molecule has 5 nitrogen and oxygen atoms in total. The van der Waals surface area contributed by atoms with Crippen molar-refractivity contribution in [1.82, 2.24) is 9.78 Å². The van der Waals surface area contributed by atoms with Crippen LogP contribution in [0.5, 0.6) is 0 Å². The van der Waals surface area contributed by atoms with Gasteiger partial charge in [-0.2, -0.15) is 5.10 Å². The molecular weight excluding hydrogens is 230 g/mol. The summed E-state index contributed by atoms with van der Waals surface area (Å²) in [6, 6.07) is 8.39. The highest BCUT2D eigenvalue weighted by Crippen LogP contribution is 2.32. The third-order valence-corrected chi connectivity index (χ3v) is 3.46. The molecule has 1 aliphatic carbocycles. The molecule has 0 N–H and O–H groups in total. The number of aromatic nitrogens is 2. The van der Waals surface area contributed by atoms with E-state index >= 15 is 0 Å². The van der Waals surface area contributed by atoms with E-state index in [9.17, 15) is 10.1 Å². The van der Waals surface area contributed by atoms with Crippen molar-refractivity contribution in [3.63, 3.8) is 0 Å². The van der Waals surface area contributed by atoms with E-state index in [-0.39, 0.29) is 11.7 Å². The van der Waals surface area contributed by atoms with Crippen LogP contribution in [0.1, 0.15) is 30.0 Å². The Morgan fingerprint density at radius 3 is 3.00 bits per heavy atom. The van der Waals surface area contributed by atoms with Crippen molar-refractivity contribution in [2.75, 3.05) is 0 Å². The molecule has 0 aliphatic heterocycles. The van der Waals surface area contributed by atoms with Crippen molar-refractivity contribution in [3.05, 3.63) is 57.9 Å². The van der Waals surface area contributed by atoms with Gasteiger partial charge in [-0.1, -0.05) is 24.3 Å². The fourth-order valence-electron chi connectivity index (χ4n) is 2.60. The number of benzene rings is 1. The molecule has 5 heteroatoms. The molecule has 0 spiro atoms. The van der Waals surface area contributed by atoms with E-state index in [1.54, 1.807) is 4.68 Å². The van der Waals surface area contributed by atoms with Gasteiger partial charge in [0.05, 0.1) is 11.0 Å². The first-order chi connectivity index (χ1) is 8.75. The number of hydrogen-bond donors (Lipinski definition) is 0. The summed E-state index contributed by atoms with van der Waals surface area (Å²) < 4.78 is 1.72. The van der Waals surface area contributed by atoms with Crippen LogP contribution in [0.15, 0.2) is 36.7 Å². The van der Waals surface area contributed by atoms with E-state index in [0.717, 1.165) is 19.3 Å². The second-order valence-electron chi connectivity index (χ2n) is 4.54. The molecule has 0 bridgehead atoms. The summed E-state index contributed by atoms with van der Waals surface area (Å²) in [4.78, 5) is 10.3. The monoisotopic (exact) mass is 243 g/mol. The fourth-order valence-corrected chi connectivity index (χ4v) is 2.60. The molecule has 3 rings (SSSR count). The third kappa shape index (κ3) is 1.77. The maximum Gasteiger partial charge on any atom is 0.307 e. The predicted molar refractivity (Wildman–Crippen MR) is 66.4 cm³/mol. The average Bonchev–Trinajstić information content (AvgIpc) is 2.87. The van der Waals surface area contributed by atoms with E-state index < -0.39 is 4.92 Å². The molecule has 92 valence electrons. The van der Waals surface area contributed by atoms with Crippen molar-refractivity contribution < 1.29 is 4.92 Å². The SMILES string of the molecule is O=[N+]([O-])c1cnn(C2CCCc3ccccc32)c1. The number of rotatable bonds is 2. The maximum absolute atomic E-state index is 10.7. The molecule has 0 radical (unpaired) electrons. The Morgan fingerprint density at radius 1 is 1.39 bits per heavy atom. The lowest BCUT2D eigenvalue weighted by Crippen LogP contribution is -2.17. The van der Waals surface area contributed by atoms with Crippen molar-refractivity contribution in [2.45, 2.75) is 25.3 Å². The number of nitrogens with zero attached hydrogens (tertiary/aromatic N) is 3. The Balaban J connectivity index is 2.00. The molecule has 0 saturated heterocycles. The Morgan fingerprint density at radius 2 is 2.22 bits per heavy atom. The molecule has 0 saturated carbocycles. The lowest BCUT2D eigenvalue weighted by atomic mass is 9.88. The van der Waals surface area contributed by atoms with Crippen molar-refractivity contribution in [1.29, 1.82) is 0 Å². The first-order valence-corrected chi connectivity index (χ1v) is 6.02. The molecule has 1 aromatic heterocycles. The highest BCUT2D eigenvalue weighted by atomic mass is 16.6. The van der Waals surface area contributed by atoms with E-state index in [4.69, 9.17) is 0 Å². The molecule has 1 unspecified atom stereocenters. The highest BCUT2D eigenvalue weighted by Gasteiger charge is 2.23. The summed E-state index contributed by atoms with van der Waals surface area (Å²) in [6.45, 7) is 0. The quantitative estimate of drug-likeness (QED) is 0.601. The topological polar surface area (TPSA) is 61.0 Å². The first-order valence-electron chi connectivity index (χ1n) is 6.02. The average molecular weight is 243 g/mol. The summed E-state index contributed by atoms with van der Waals surface area (Å²) in [5, 5.41) is 14.8. The molecule has 18 heavy (non-hydrogen) atoms. The van der Waals surface area contributed by atoms with Gasteiger partial charge >= 0.3 is 5.69 Å². The zero-order valence-corrected chi connectivity index (χ0v) is 9.82. The van der Waals surface area contributed by atoms with Gasteiger partial charge in [0.25, 0.3) is 0 Å². The summed E-state index contributed by atoms with van der Waals surface area (Å²) in [5.74, 6) is 0. The zero-order valence-electron chi connectivity index (χ0n) is 9.82. The minimum atomic E-state index is -0.405. The first kappa shape index (κ1) is 11.0. The zero-order chi connectivity index (χ0) is 12.5. The van der Waals surface area contributed by atoms with Crippen LogP contribution < -0.4 is 0 Å². The van der Waals surface area contributed by atoms with Crippen molar-refractivity contribution in [3.8, 4) is 0 Å². The van der Waals surface area contributed by atoms with Gasteiger partial charge in [0.15, 0.2) is 0 Å². The molecular formula is C13H13N3O2. The third-order valence-electron chi connectivity index (χ3n) is 3.46. The Labute approximate surface area is 104 Å². The van der Waals surface area contributed by atoms with Crippen molar-refractivity contribution >= 4 is 5.69 Å². The van der Waals surface area contributed by atoms with Gasteiger partial charge in [0, 0.05) is 0 Å². The summed E-state index contributed by atoms with van der Waals surface area (Å²) >= 11 is 0. The van der Waals surface area contributed by atoms with Crippen LogP contribution in [0.2, 0.25) is 0 Å². The van der Waals surface area contributed by atoms with Gasteiger partial charge in [-0.25, -0.2) is 0 Å². The number of hydrogen-bond acceptors (Lipinski definition) is 3. The van der Waals surface area contributed by atoms with E-state index in [0.29, 0.717) is 0 Å². The maximum atomic E-state index is 10.7. The van der Waals surface area contributed by atoms with Gasteiger partial charge in [0.1, 0.15) is 12.4 Å². The van der Waals surface area contributed by atoms with E-state index in [1.807, 2.05) is 12.1 Å². The molecule has 0 fully saturated rings. The largest absolute Gasteiger partial charge is 0.307 e. The Kier molecular flexibility index (Phi) is 2.59. The normalized spacial score (nSPS) is 18.3. The summed E-state index contributed by atoms with van der Waals surface area (Å²) in [5.41, 5.74) is 2.62. The van der Waals surface area contributed by atoms with Crippen molar-refractivity contribution in [2.24, 2.45) is 0 Å². The van der Waals surface area contributed by atoms with Crippen LogP contribution in [-0.2, 0) is 6.42 Å². The molecule has 1 heterocycles. The van der Waals surface area contributed by atoms with Gasteiger partial charge < -0.3 is 0 Å². The lowest BCUT2D eigenvalue weighted by molar-refractivity contribution is -0.385. The minimum absolute atomic E-state index is 0.0538. The van der Waals surface area contributed by atoms with Crippen LogP contribution in [0, 0.1) is 10.1 Å². The van der Waals surface area contributed by atoms with E-state index in [1.165, 1.54) is 23.5 Å². The fraction of sp³-hybridized carbons (Fsp3) is 0.308. The van der Waals surface area contributed by atoms with E-state index in [2.05, 4.69) is 17.2 Å². The molecule has 1 atom stereocenters. The summed E-state index contributed by atoms with van der Waals surface area (Å²) in [6.07, 6.45) is 5.99. The molecule has 0 amide bonds. The van der Waals surface area contributed by atoms with Gasteiger partial charge in [0.2, 0.25) is 0 Å². The van der Waals surface area contributed by atoms with Crippen LogP contribution in [0.3, 0.4) is 0 Å². The molecule has 1 aromatic carbocycles. The predicted octanol–water partition coefficient (Wildman–Crippen LogP) is 2.72. The van der Waals surface area contributed by atoms with Gasteiger partial charge in [-0.3, -0.25) is 14.8 Å². The number of fused-ring (bicyclic) bond motifs is 1.